The molecular weight excluding hydrogens is 424 g/mol. The summed E-state index contributed by atoms with van der Waals surface area (Å²) in [5.41, 5.74) is 9.28. The van der Waals surface area contributed by atoms with Gasteiger partial charge in [-0.25, -0.2) is 0 Å². The molecule has 0 aliphatic heterocycles. The molecule has 2 aromatic heterocycles. The molecule has 4 aromatic carbocycles. The molecule has 0 radical (unpaired) electrons. The van der Waals surface area contributed by atoms with E-state index in [0.717, 1.165) is 13.1 Å². The third-order valence-corrected chi connectivity index (χ3v) is 7.29. The molecule has 2 heterocycles. The molecule has 0 bridgehead atoms. The Bertz CT molecular complexity index is 1710. The molecule has 0 N–H and O–H groups in total. The average Bonchev–Trinajstić information content (AvgIpc) is 3.32. The van der Waals surface area contributed by atoms with Crippen LogP contribution < -0.4 is 0 Å². The molecule has 35 heavy (non-hydrogen) atoms. The van der Waals surface area contributed by atoms with Crippen LogP contribution in [0.1, 0.15) is 33.3 Å². The summed E-state index contributed by atoms with van der Waals surface area (Å²) in [5, 5.41) is 5.40. The normalized spacial score (nSPS) is 12.3. The van der Waals surface area contributed by atoms with Gasteiger partial charge in [-0.1, -0.05) is 76.2 Å². The first-order valence-electron chi connectivity index (χ1n) is 13.0. The van der Waals surface area contributed by atoms with Crippen molar-refractivity contribution in [3.63, 3.8) is 0 Å². The maximum absolute atomic E-state index is 2.52. The highest BCUT2D eigenvalue weighted by molar-refractivity contribution is 6.12. The number of fused-ring (bicyclic) bond motifs is 6. The molecule has 0 aliphatic rings. The summed E-state index contributed by atoms with van der Waals surface area (Å²) in [5.74, 6) is 1.20. The van der Waals surface area contributed by atoms with Gasteiger partial charge in [0.1, 0.15) is 0 Å². The second-order valence-corrected chi connectivity index (χ2v) is 11.0. The molecule has 0 saturated heterocycles. The molecule has 2 nitrogen and oxygen atoms in total. The Morgan fingerprint density at radius 1 is 0.543 bits per heavy atom. The first-order chi connectivity index (χ1) is 16.9. The maximum Gasteiger partial charge on any atom is 0.0521 e. The van der Waals surface area contributed by atoms with Gasteiger partial charge in [-0.15, -0.1) is 0 Å². The van der Waals surface area contributed by atoms with Crippen LogP contribution in [-0.4, -0.2) is 9.13 Å². The number of rotatable bonds is 5. The van der Waals surface area contributed by atoms with E-state index in [2.05, 4.69) is 123 Å². The average molecular weight is 459 g/mol. The van der Waals surface area contributed by atoms with E-state index in [-0.39, 0.29) is 0 Å². The number of benzene rings is 4. The minimum Gasteiger partial charge on any atom is -0.340 e. The molecule has 6 rings (SSSR count). The quantitative estimate of drug-likeness (QED) is 0.244. The zero-order valence-corrected chi connectivity index (χ0v) is 21.5. The van der Waals surface area contributed by atoms with Gasteiger partial charge in [0.25, 0.3) is 0 Å². The highest BCUT2D eigenvalue weighted by atomic mass is 15.0. The Kier molecular flexibility index (Phi) is 5.21. The SMILES string of the molecule is Cc1cccc2c3cc(-c4ccc5c(c4)c4ccccc4n5CC(C)C)ccc3n(CC(C)C)c12. The van der Waals surface area contributed by atoms with Gasteiger partial charge in [0.2, 0.25) is 0 Å². The molecule has 0 unspecified atom stereocenters. The number of para-hydroxylation sites is 2. The third kappa shape index (κ3) is 3.55. The van der Waals surface area contributed by atoms with Crippen LogP contribution in [0.4, 0.5) is 0 Å². The van der Waals surface area contributed by atoms with Crippen molar-refractivity contribution in [3.05, 3.63) is 84.4 Å². The molecule has 0 amide bonds. The summed E-state index contributed by atoms with van der Waals surface area (Å²) in [6.07, 6.45) is 0. The fourth-order valence-electron chi connectivity index (χ4n) is 5.87. The van der Waals surface area contributed by atoms with E-state index in [0.29, 0.717) is 11.8 Å². The first-order valence-corrected chi connectivity index (χ1v) is 13.0. The Hall–Kier alpha value is -3.52. The summed E-state index contributed by atoms with van der Waals surface area (Å²) >= 11 is 0. The summed E-state index contributed by atoms with van der Waals surface area (Å²) in [6.45, 7) is 13.5. The van der Waals surface area contributed by atoms with Crippen molar-refractivity contribution in [1.82, 2.24) is 9.13 Å². The van der Waals surface area contributed by atoms with Gasteiger partial charge in [-0.2, -0.15) is 0 Å². The van der Waals surface area contributed by atoms with Gasteiger partial charge in [-0.3, -0.25) is 0 Å². The van der Waals surface area contributed by atoms with E-state index in [1.165, 1.54) is 60.3 Å². The van der Waals surface area contributed by atoms with Gasteiger partial charge in [-0.05, 0) is 65.8 Å². The lowest BCUT2D eigenvalue weighted by molar-refractivity contribution is 0.545. The minimum atomic E-state index is 0.596. The Labute approximate surface area is 207 Å². The molecule has 0 atom stereocenters. The van der Waals surface area contributed by atoms with Crippen LogP contribution in [0.25, 0.3) is 54.7 Å². The summed E-state index contributed by atoms with van der Waals surface area (Å²) in [7, 11) is 0. The molecule has 0 saturated carbocycles. The standard InChI is InChI=1S/C33H34N2/c1-21(2)19-34-30-12-7-6-10-26(30)28-17-24(13-15-31(28)34)25-14-16-32-29(18-25)27-11-8-9-23(5)33(27)35(32)20-22(3)4/h6-18,21-22H,19-20H2,1-5H3. The molecular formula is C33H34N2. The molecule has 0 fully saturated rings. The van der Waals surface area contributed by atoms with E-state index in [4.69, 9.17) is 0 Å². The van der Waals surface area contributed by atoms with E-state index >= 15 is 0 Å². The van der Waals surface area contributed by atoms with E-state index in [9.17, 15) is 0 Å². The Morgan fingerprint density at radius 3 is 1.77 bits per heavy atom. The first kappa shape index (κ1) is 22.0. The van der Waals surface area contributed by atoms with Gasteiger partial charge >= 0.3 is 0 Å². The predicted octanol–water partition coefficient (Wildman–Crippen LogP) is 9.19. The van der Waals surface area contributed by atoms with Gasteiger partial charge in [0.05, 0.1) is 5.52 Å². The zero-order chi connectivity index (χ0) is 24.3. The lowest BCUT2D eigenvalue weighted by Gasteiger charge is -2.12. The number of hydrogen-bond donors (Lipinski definition) is 0. The summed E-state index contributed by atoms with van der Waals surface area (Å²) < 4.78 is 5.02. The molecule has 2 heteroatoms. The Morgan fingerprint density at radius 2 is 1.09 bits per heavy atom. The van der Waals surface area contributed by atoms with Crippen molar-refractivity contribution >= 4 is 43.6 Å². The van der Waals surface area contributed by atoms with Crippen LogP contribution in [0, 0.1) is 18.8 Å². The monoisotopic (exact) mass is 458 g/mol. The van der Waals surface area contributed by atoms with Crippen LogP contribution >= 0.6 is 0 Å². The van der Waals surface area contributed by atoms with Crippen molar-refractivity contribution in [2.24, 2.45) is 11.8 Å². The largest absolute Gasteiger partial charge is 0.340 e. The molecule has 176 valence electrons. The van der Waals surface area contributed by atoms with Crippen LogP contribution in [-0.2, 0) is 13.1 Å². The van der Waals surface area contributed by atoms with Crippen LogP contribution in [0.2, 0.25) is 0 Å². The van der Waals surface area contributed by atoms with E-state index in [1.54, 1.807) is 0 Å². The highest BCUT2D eigenvalue weighted by Crippen LogP contribution is 2.37. The van der Waals surface area contributed by atoms with E-state index < -0.39 is 0 Å². The van der Waals surface area contributed by atoms with Gasteiger partial charge < -0.3 is 9.13 Å². The second-order valence-electron chi connectivity index (χ2n) is 11.0. The van der Waals surface area contributed by atoms with Crippen molar-refractivity contribution in [2.75, 3.05) is 0 Å². The fraction of sp³-hybridized carbons (Fsp3) is 0.273. The van der Waals surface area contributed by atoms with Crippen molar-refractivity contribution < 1.29 is 0 Å². The second kappa shape index (κ2) is 8.30. The van der Waals surface area contributed by atoms with Crippen LogP contribution in [0.3, 0.4) is 0 Å². The lowest BCUT2D eigenvalue weighted by Crippen LogP contribution is -2.04. The smallest absolute Gasteiger partial charge is 0.0521 e. The summed E-state index contributed by atoms with van der Waals surface area (Å²) in [6, 6.07) is 29.6. The predicted molar refractivity (Wildman–Crippen MR) is 152 cm³/mol. The number of aryl methyl sites for hydroxylation is 1. The lowest BCUT2D eigenvalue weighted by atomic mass is 10.0. The van der Waals surface area contributed by atoms with Crippen LogP contribution in [0.15, 0.2) is 78.9 Å². The van der Waals surface area contributed by atoms with Crippen molar-refractivity contribution in [3.8, 4) is 11.1 Å². The topological polar surface area (TPSA) is 9.86 Å². The summed E-state index contributed by atoms with van der Waals surface area (Å²) in [4.78, 5) is 0. The number of hydrogen-bond acceptors (Lipinski definition) is 0. The molecule has 6 aromatic rings. The maximum atomic E-state index is 2.52. The zero-order valence-electron chi connectivity index (χ0n) is 21.5. The minimum absolute atomic E-state index is 0.596. The number of aromatic nitrogens is 2. The molecule has 0 spiro atoms. The fourth-order valence-corrected chi connectivity index (χ4v) is 5.87. The van der Waals surface area contributed by atoms with Gasteiger partial charge in [0, 0.05) is 51.2 Å². The van der Waals surface area contributed by atoms with E-state index in [1.807, 2.05) is 0 Å². The highest BCUT2D eigenvalue weighted by Gasteiger charge is 2.16. The van der Waals surface area contributed by atoms with Crippen LogP contribution in [0.5, 0.6) is 0 Å². The third-order valence-electron chi connectivity index (χ3n) is 7.29. The van der Waals surface area contributed by atoms with Crippen molar-refractivity contribution in [2.45, 2.75) is 47.7 Å². The number of nitrogens with zero attached hydrogens (tertiary/aromatic N) is 2. The van der Waals surface area contributed by atoms with Crippen molar-refractivity contribution in [1.29, 1.82) is 0 Å². The molecule has 0 aliphatic carbocycles. The van der Waals surface area contributed by atoms with Gasteiger partial charge in [0.15, 0.2) is 0 Å². The Balaban J connectivity index is 1.57.